The number of aliphatic hydroxyl groups is 1. The highest BCUT2D eigenvalue weighted by molar-refractivity contribution is 5.44. The maximum atomic E-state index is 12.8. The quantitative estimate of drug-likeness (QED) is 0.723. The molecule has 0 fully saturated rings. The number of halogens is 2. The van der Waals surface area contributed by atoms with Gasteiger partial charge in [-0.3, -0.25) is 0 Å². The Bertz CT molecular complexity index is 265. The smallest absolute Gasteiger partial charge is 0.146 e. The first kappa shape index (κ1) is 8.93. The summed E-state index contributed by atoms with van der Waals surface area (Å²) in [6.07, 6.45) is 0. The van der Waals surface area contributed by atoms with Gasteiger partial charge in [-0.15, -0.1) is 0 Å². The van der Waals surface area contributed by atoms with E-state index in [2.05, 4.69) is 5.32 Å². The van der Waals surface area contributed by atoms with Crippen LogP contribution in [0.4, 0.5) is 14.5 Å². The Hall–Kier alpha value is -1.16. The average Bonchev–Trinajstić information content (AvgIpc) is 2.07. The third-order valence-corrected chi connectivity index (χ3v) is 1.36. The van der Waals surface area contributed by atoms with Gasteiger partial charge in [0.05, 0.1) is 12.3 Å². The van der Waals surface area contributed by atoms with E-state index in [1.165, 1.54) is 0 Å². The molecule has 0 saturated carbocycles. The lowest BCUT2D eigenvalue weighted by Crippen LogP contribution is -2.07. The monoisotopic (exact) mass is 173 g/mol. The maximum absolute atomic E-state index is 12.8. The fourth-order valence-electron chi connectivity index (χ4n) is 0.824. The summed E-state index contributed by atoms with van der Waals surface area (Å²) < 4.78 is 25.3. The van der Waals surface area contributed by atoms with Gasteiger partial charge in [-0.2, -0.15) is 0 Å². The van der Waals surface area contributed by atoms with E-state index < -0.39 is 11.6 Å². The zero-order valence-corrected chi connectivity index (χ0v) is 6.35. The minimum absolute atomic E-state index is 0.0732. The minimum atomic E-state index is -0.523. The van der Waals surface area contributed by atoms with Crippen LogP contribution < -0.4 is 5.32 Å². The number of rotatable bonds is 3. The maximum Gasteiger partial charge on any atom is 0.146 e. The largest absolute Gasteiger partial charge is 0.395 e. The standard InChI is InChI=1S/C8H9F2NO/c9-6-1-2-7(10)8(5-6)11-3-4-12/h1-2,5,11-12H,3-4H2. The first-order chi connectivity index (χ1) is 5.74. The van der Waals surface area contributed by atoms with Gasteiger partial charge in [-0.1, -0.05) is 0 Å². The Kier molecular flexibility index (Phi) is 2.99. The predicted molar refractivity (Wildman–Crippen MR) is 41.9 cm³/mol. The number of hydrogen-bond acceptors (Lipinski definition) is 2. The molecule has 0 aromatic heterocycles. The summed E-state index contributed by atoms with van der Waals surface area (Å²) in [7, 11) is 0. The van der Waals surface area contributed by atoms with Crippen LogP contribution in [0.1, 0.15) is 0 Å². The van der Waals surface area contributed by atoms with Crippen LogP contribution in [0.15, 0.2) is 18.2 Å². The summed E-state index contributed by atoms with van der Waals surface area (Å²) in [4.78, 5) is 0. The second-order valence-corrected chi connectivity index (χ2v) is 2.27. The van der Waals surface area contributed by atoms with Crippen molar-refractivity contribution >= 4 is 5.69 Å². The molecule has 0 aliphatic carbocycles. The second-order valence-electron chi connectivity index (χ2n) is 2.27. The van der Waals surface area contributed by atoms with E-state index >= 15 is 0 Å². The highest BCUT2D eigenvalue weighted by Gasteiger charge is 2.01. The van der Waals surface area contributed by atoms with Crippen LogP contribution in [0.25, 0.3) is 0 Å². The topological polar surface area (TPSA) is 32.3 Å². The number of aliphatic hydroxyl groups excluding tert-OH is 1. The molecule has 0 aliphatic heterocycles. The molecule has 0 atom stereocenters. The lowest BCUT2D eigenvalue weighted by molar-refractivity contribution is 0.311. The average molecular weight is 173 g/mol. The Balaban J connectivity index is 2.75. The molecule has 0 saturated heterocycles. The van der Waals surface area contributed by atoms with E-state index in [4.69, 9.17) is 5.11 Å². The molecule has 1 rings (SSSR count). The molecule has 0 unspecified atom stereocenters. The summed E-state index contributed by atoms with van der Waals surface area (Å²) in [5.41, 5.74) is 0.0732. The van der Waals surface area contributed by atoms with Crippen LogP contribution in [0.5, 0.6) is 0 Å². The van der Waals surface area contributed by atoms with Gasteiger partial charge in [0.25, 0.3) is 0 Å². The van der Waals surface area contributed by atoms with Gasteiger partial charge >= 0.3 is 0 Å². The van der Waals surface area contributed by atoms with Crippen LogP contribution in [0.2, 0.25) is 0 Å². The van der Waals surface area contributed by atoms with E-state index in [9.17, 15) is 8.78 Å². The third-order valence-electron chi connectivity index (χ3n) is 1.36. The molecule has 4 heteroatoms. The SMILES string of the molecule is OCCNc1cc(F)ccc1F. The fourth-order valence-corrected chi connectivity index (χ4v) is 0.824. The zero-order valence-electron chi connectivity index (χ0n) is 6.35. The molecule has 1 aromatic rings. The summed E-state index contributed by atoms with van der Waals surface area (Å²) in [6, 6.07) is 3.12. The molecule has 0 spiro atoms. The van der Waals surface area contributed by atoms with E-state index in [-0.39, 0.29) is 18.8 Å². The van der Waals surface area contributed by atoms with Crippen LogP contribution in [0, 0.1) is 11.6 Å². The van der Waals surface area contributed by atoms with Crippen molar-refractivity contribution in [1.82, 2.24) is 0 Å². The normalized spacial score (nSPS) is 9.92. The lowest BCUT2D eigenvalue weighted by atomic mass is 10.3. The summed E-state index contributed by atoms with van der Waals surface area (Å²) in [5, 5.41) is 10.9. The van der Waals surface area contributed by atoms with Crippen LogP contribution in [-0.2, 0) is 0 Å². The van der Waals surface area contributed by atoms with Gasteiger partial charge in [-0.05, 0) is 18.2 Å². The van der Waals surface area contributed by atoms with E-state index in [0.717, 1.165) is 18.2 Å². The van der Waals surface area contributed by atoms with Crippen molar-refractivity contribution in [3.63, 3.8) is 0 Å². The van der Waals surface area contributed by atoms with Crippen LogP contribution in [-0.4, -0.2) is 18.3 Å². The van der Waals surface area contributed by atoms with Gasteiger partial charge in [0.2, 0.25) is 0 Å². The van der Waals surface area contributed by atoms with E-state index in [1.54, 1.807) is 0 Å². The van der Waals surface area contributed by atoms with Crippen molar-refractivity contribution < 1.29 is 13.9 Å². The fraction of sp³-hybridized carbons (Fsp3) is 0.250. The van der Waals surface area contributed by atoms with Crippen molar-refractivity contribution in [1.29, 1.82) is 0 Å². The van der Waals surface area contributed by atoms with Gasteiger partial charge in [0.15, 0.2) is 0 Å². The van der Waals surface area contributed by atoms with Gasteiger partial charge in [-0.25, -0.2) is 8.78 Å². The van der Waals surface area contributed by atoms with Crippen molar-refractivity contribution in [2.24, 2.45) is 0 Å². The van der Waals surface area contributed by atoms with Crippen molar-refractivity contribution in [2.45, 2.75) is 0 Å². The molecule has 2 nitrogen and oxygen atoms in total. The van der Waals surface area contributed by atoms with E-state index in [1.807, 2.05) is 0 Å². The third kappa shape index (κ3) is 2.17. The van der Waals surface area contributed by atoms with Gasteiger partial charge in [0.1, 0.15) is 11.6 Å². The first-order valence-corrected chi connectivity index (χ1v) is 3.54. The zero-order chi connectivity index (χ0) is 8.97. The Morgan fingerprint density at radius 1 is 1.33 bits per heavy atom. The van der Waals surface area contributed by atoms with E-state index in [0.29, 0.717) is 0 Å². The lowest BCUT2D eigenvalue weighted by Gasteiger charge is -2.04. The summed E-state index contributed by atoms with van der Waals surface area (Å²) in [6.45, 7) is 0.0936. The van der Waals surface area contributed by atoms with Gasteiger partial charge < -0.3 is 10.4 Å². The van der Waals surface area contributed by atoms with Crippen LogP contribution in [0.3, 0.4) is 0 Å². The Morgan fingerprint density at radius 2 is 2.08 bits per heavy atom. The summed E-state index contributed by atoms with van der Waals surface area (Å²) in [5.74, 6) is -1.03. The number of nitrogens with one attached hydrogen (secondary N) is 1. The van der Waals surface area contributed by atoms with Gasteiger partial charge in [0, 0.05) is 6.54 Å². The molecule has 0 amide bonds. The minimum Gasteiger partial charge on any atom is -0.395 e. The highest BCUT2D eigenvalue weighted by Crippen LogP contribution is 2.14. The summed E-state index contributed by atoms with van der Waals surface area (Å²) >= 11 is 0. The molecule has 12 heavy (non-hydrogen) atoms. The molecule has 2 N–H and O–H groups in total. The first-order valence-electron chi connectivity index (χ1n) is 3.54. The predicted octanol–water partition coefficient (Wildman–Crippen LogP) is 1.37. The highest BCUT2D eigenvalue weighted by atomic mass is 19.1. The molecule has 66 valence electrons. The second kappa shape index (κ2) is 4.01. The Labute approximate surface area is 68.8 Å². The molecule has 0 aliphatic rings. The molecule has 0 radical (unpaired) electrons. The number of hydrogen-bond donors (Lipinski definition) is 2. The van der Waals surface area contributed by atoms with Crippen molar-refractivity contribution in [3.8, 4) is 0 Å². The Morgan fingerprint density at radius 3 is 2.75 bits per heavy atom. The van der Waals surface area contributed by atoms with Crippen molar-refractivity contribution in [3.05, 3.63) is 29.8 Å². The number of benzene rings is 1. The molecule has 1 aromatic carbocycles. The molecular weight excluding hydrogens is 164 g/mol. The molecule has 0 heterocycles. The number of anilines is 1. The van der Waals surface area contributed by atoms with Crippen molar-refractivity contribution in [2.75, 3.05) is 18.5 Å². The molecule has 0 bridgehead atoms. The van der Waals surface area contributed by atoms with Crippen LogP contribution >= 0.6 is 0 Å². The molecular formula is C8H9F2NO.